The molecule has 1 fully saturated rings. The van der Waals surface area contributed by atoms with Crippen molar-refractivity contribution in [2.45, 2.75) is 18.9 Å². The van der Waals surface area contributed by atoms with E-state index >= 15 is 0 Å². The van der Waals surface area contributed by atoms with E-state index in [1.165, 1.54) is 6.42 Å². The first kappa shape index (κ1) is 11.2. The van der Waals surface area contributed by atoms with Crippen molar-refractivity contribution >= 4 is 5.82 Å². The number of hydrogen-bond donors (Lipinski definition) is 2. The summed E-state index contributed by atoms with van der Waals surface area (Å²) in [7, 11) is 0. The Balaban J connectivity index is 1.83. The van der Waals surface area contributed by atoms with E-state index < -0.39 is 0 Å². The van der Waals surface area contributed by atoms with Crippen molar-refractivity contribution < 1.29 is 0 Å². The number of H-pyrrole nitrogens is 1. The van der Waals surface area contributed by atoms with Crippen molar-refractivity contribution in [3.05, 3.63) is 30.6 Å². The highest BCUT2D eigenvalue weighted by atomic mass is 15.3. The van der Waals surface area contributed by atoms with Crippen LogP contribution in [0.5, 0.6) is 0 Å². The van der Waals surface area contributed by atoms with Crippen LogP contribution < -0.4 is 10.6 Å². The Hall–Kier alpha value is -1.88. The summed E-state index contributed by atoms with van der Waals surface area (Å²) >= 11 is 0. The molecule has 94 valence electrons. The van der Waals surface area contributed by atoms with Gasteiger partial charge in [0.2, 0.25) is 0 Å². The molecule has 2 aromatic heterocycles. The molecule has 5 heteroatoms. The van der Waals surface area contributed by atoms with Crippen molar-refractivity contribution in [2.24, 2.45) is 5.73 Å². The average Bonchev–Trinajstić information content (AvgIpc) is 3.10. The summed E-state index contributed by atoms with van der Waals surface area (Å²) in [5, 5.41) is 8.60. The molecule has 0 aliphatic carbocycles. The summed E-state index contributed by atoms with van der Waals surface area (Å²) in [6.07, 6.45) is 6.14. The van der Waals surface area contributed by atoms with E-state index in [9.17, 15) is 0 Å². The van der Waals surface area contributed by atoms with Gasteiger partial charge in [0.15, 0.2) is 5.82 Å². The molecule has 3 N–H and O–H groups in total. The summed E-state index contributed by atoms with van der Waals surface area (Å²) in [5.41, 5.74) is 7.73. The van der Waals surface area contributed by atoms with Crippen LogP contribution in [0.1, 0.15) is 12.8 Å². The monoisotopic (exact) mass is 243 g/mol. The first-order valence-electron chi connectivity index (χ1n) is 6.32. The fraction of sp³-hybridized carbons (Fsp3) is 0.385. The number of nitrogens with zero attached hydrogens (tertiary/aromatic N) is 3. The lowest BCUT2D eigenvalue weighted by molar-refractivity contribution is 0.668. The molecular weight excluding hydrogens is 226 g/mol. The number of aromatic nitrogens is 3. The predicted molar refractivity (Wildman–Crippen MR) is 71.2 cm³/mol. The molecule has 0 aromatic carbocycles. The van der Waals surface area contributed by atoms with Crippen molar-refractivity contribution in [3.8, 4) is 11.3 Å². The number of anilines is 1. The number of nitrogens with two attached hydrogens (primary N) is 1. The highest BCUT2D eigenvalue weighted by Crippen LogP contribution is 2.24. The van der Waals surface area contributed by atoms with Gasteiger partial charge in [-0.15, -0.1) is 10.2 Å². The third kappa shape index (κ3) is 1.97. The van der Waals surface area contributed by atoms with Gasteiger partial charge in [-0.1, -0.05) is 0 Å². The molecule has 18 heavy (non-hydrogen) atoms. The van der Waals surface area contributed by atoms with Crippen molar-refractivity contribution in [1.29, 1.82) is 0 Å². The summed E-state index contributed by atoms with van der Waals surface area (Å²) in [6.45, 7) is 1.71. The normalized spacial score (nSPS) is 19.4. The molecule has 0 bridgehead atoms. The molecular formula is C13H17N5. The second-order valence-electron chi connectivity index (χ2n) is 4.60. The summed E-state index contributed by atoms with van der Waals surface area (Å²) in [5.74, 6) is 0.933. The number of rotatable bonds is 3. The Kier molecular flexibility index (Phi) is 2.98. The van der Waals surface area contributed by atoms with E-state index in [2.05, 4.69) is 20.1 Å². The fourth-order valence-electron chi connectivity index (χ4n) is 2.50. The zero-order valence-corrected chi connectivity index (χ0v) is 10.2. The van der Waals surface area contributed by atoms with E-state index in [0.717, 1.165) is 30.0 Å². The van der Waals surface area contributed by atoms with Crippen LogP contribution in [0.25, 0.3) is 11.3 Å². The van der Waals surface area contributed by atoms with Crippen LogP contribution in [0.2, 0.25) is 0 Å². The minimum atomic E-state index is 0.414. The molecule has 0 spiro atoms. The first-order chi connectivity index (χ1) is 8.88. The molecule has 1 aliphatic rings. The Morgan fingerprint density at radius 1 is 1.33 bits per heavy atom. The standard InChI is InChI=1S/C13H17N5/c14-8-11-2-1-7-18(11)13-4-3-12(16-17-13)10-5-6-15-9-10/h3-6,9,11,15H,1-2,7-8,14H2. The molecule has 0 radical (unpaired) electrons. The third-order valence-electron chi connectivity index (χ3n) is 3.49. The third-order valence-corrected chi connectivity index (χ3v) is 3.49. The summed E-state index contributed by atoms with van der Waals surface area (Å²) in [6, 6.07) is 6.44. The molecule has 5 nitrogen and oxygen atoms in total. The van der Waals surface area contributed by atoms with Gasteiger partial charge in [-0.25, -0.2) is 0 Å². The lowest BCUT2D eigenvalue weighted by Gasteiger charge is -2.23. The fourth-order valence-corrected chi connectivity index (χ4v) is 2.50. The highest BCUT2D eigenvalue weighted by Gasteiger charge is 2.24. The lowest BCUT2D eigenvalue weighted by Crippen LogP contribution is -2.36. The Morgan fingerprint density at radius 3 is 2.94 bits per heavy atom. The second kappa shape index (κ2) is 4.78. The molecule has 3 rings (SSSR count). The number of hydrogen-bond acceptors (Lipinski definition) is 4. The van der Waals surface area contributed by atoms with Crippen LogP contribution >= 0.6 is 0 Å². The molecule has 3 heterocycles. The van der Waals surface area contributed by atoms with Gasteiger partial charge in [0.05, 0.1) is 5.69 Å². The van der Waals surface area contributed by atoms with Crippen LogP contribution in [-0.4, -0.2) is 34.3 Å². The van der Waals surface area contributed by atoms with Gasteiger partial charge >= 0.3 is 0 Å². The van der Waals surface area contributed by atoms with Gasteiger partial charge in [0.1, 0.15) is 0 Å². The molecule has 1 saturated heterocycles. The van der Waals surface area contributed by atoms with Gasteiger partial charge in [-0.05, 0) is 31.0 Å². The minimum absolute atomic E-state index is 0.414. The average molecular weight is 243 g/mol. The van der Waals surface area contributed by atoms with Crippen molar-refractivity contribution in [1.82, 2.24) is 15.2 Å². The summed E-state index contributed by atoms with van der Waals surface area (Å²) in [4.78, 5) is 5.28. The first-order valence-corrected chi connectivity index (χ1v) is 6.32. The van der Waals surface area contributed by atoms with Gasteiger partial charge < -0.3 is 15.6 Å². The molecule has 1 atom stereocenters. The Bertz CT molecular complexity index is 491. The highest BCUT2D eigenvalue weighted by molar-refractivity contribution is 5.58. The van der Waals surface area contributed by atoms with Crippen LogP contribution in [0, 0.1) is 0 Å². The van der Waals surface area contributed by atoms with Crippen molar-refractivity contribution in [3.63, 3.8) is 0 Å². The summed E-state index contributed by atoms with van der Waals surface area (Å²) < 4.78 is 0. The molecule has 1 aliphatic heterocycles. The largest absolute Gasteiger partial charge is 0.367 e. The predicted octanol–water partition coefficient (Wildman–Crippen LogP) is 1.40. The van der Waals surface area contributed by atoms with E-state index in [1.54, 1.807) is 0 Å². The van der Waals surface area contributed by atoms with Crippen LogP contribution in [0.4, 0.5) is 5.82 Å². The van der Waals surface area contributed by atoms with Crippen LogP contribution in [-0.2, 0) is 0 Å². The smallest absolute Gasteiger partial charge is 0.151 e. The zero-order chi connectivity index (χ0) is 12.4. The lowest BCUT2D eigenvalue weighted by atomic mass is 10.2. The van der Waals surface area contributed by atoms with Gasteiger partial charge in [0, 0.05) is 37.1 Å². The second-order valence-corrected chi connectivity index (χ2v) is 4.60. The molecule has 1 unspecified atom stereocenters. The number of nitrogens with one attached hydrogen (secondary N) is 1. The minimum Gasteiger partial charge on any atom is -0.367 e. The molecule has 2 aromatic rings. The maximum Gasteiger partial charge on any atom is 0.151 e. The topological polar surface area (TPSA) is 70.8 Å². The van der Waals surface area contributed by atoms with E-state index in [-0.39, 0.29) is 0 Å². The zero-order valence-electron chi connectivity index (χ0n) is 10.2. The maximum atomic E-state index is 5.77. The quantitative estimate of drug-likeness (QED) is 0.854. The van der Waals surface area contributed by atoms with Crippen LogP contribution in [0.3, 0.4) is 0 Å². The Morgan fingerprint density at radius 2 is 2.28 bits per heavy atom. The Labute approximate surface area is 106 Å². The van der Waals surface area contributed by atoms with Crippen molar-refractivity contribution in [2.75, 3.05) is 18.0 Å². The van der Waals surface area contributed by atoms with E-state index in [4.69, 9.17) is 5.73 Å². The van der Waals surface area contributed by atoms with Gasteiger partial charge in [0.25, 0.3) is 0 Å². The maximum absolute atomic E-state index is 5.77. The SMILES string of the molecule is NCC1CCCN1c1ccc(-c2cc[nH]c2)nn1. The van der Waals surface area contributed by atoms with Crippen LogP contribution in [0.15, 0.2) is 30.6 Å². The number of aromatic amines is 1. The van der Waals surface area contributed by atoms with Gasteiger partial charge in [-0.2, -0.15) is 0 Å². The van der Waals surface area contributed by atoms with E-state index in [1.807, 2.05) is 30.6 Å². The van der Waals surface area contributed by atoms with Gasteiger partial charge in [-0.3, -0.25) is 0 Å². The molecule has 0 amide bonds. The molecule has 0 saturated carbocycles. The van der Waals surface area contributed by atoms with E-state index in [0.29, 0.717) is 12.6 Å².